The zero-order chi connectivity index (χ0) is 14.8. The van der Waals surface area contributed by atoms with Gasteiger partial charge in [-0.2, -0.15) is 0 Å². The molecule has 0 saturated heterocycles. The summed E-state index contributed by atoms with van der Waals surface area (Å²) in [6.45, 7) is 9.51. The lowest BCUT2D eigenvalue weighted by molar-refractivity contribution is 0.326. The third-order valence-electron chi connectivity index (χ3n) is 4.38. The monoisotopic (exact) mass is 311 g/mol. The topological polar surface area (TPSA) is 37.8 Å². The van der Waals surface area contributed by atoms with Crippen molar-refractivity contribution in [2.24, 2.45) is 5.41 Å². The van der Waals surface area contributed by atoms with E-state index in [9.17, 15) is 0 Å². The van der Waals surface area contributed by atoms with Gasteiger partial charge >= 0.3 is 0 Å². The van der Waals surface area contributed by atoms with Gasteiger partial charge in [-0.3, -0.25) is 0 Å². The number of nitrogens with one attached hydrogen (secondary N) is 1. The quantitative estimate of drug-likeness (QED) is 0.781. The second-order valence-electron chi connectivity index (χ2n) is 5.38. The molecule has 0 spiro atoms. The Morgan fingerprint density at radius 3 is 2.55 bits per heavy atom. The van der Waals surface area contributed by atoms with Crippen LogP contribution in [0.5, 0.6) is 0 Å². The number of thiophene rings is 1. The maximum absolute atomic E-state index is 6.17. The molecule has 0 unspecified atom stereocenters. The second-order valence-corrected chi connectivity index (χ2v) is 6.85. The van der Waals surface area contributed by atoms with Crippen molar-refractivity contribution in [2.75, 3.05) is 17.7 Å². The summed E-state index contributed by atoms with van der Waals surface area (Å²) in [6.07, 6.45) is 3.77. The van der Waals surface area contributed by atoms with Gasteiger partial charge in [0.1, 0.15) is 17.0 Å². The van der Waals surface area contributed by atoms with E-state index in [1.807, 2.05) is 0 Å². The van der Waals surface area contributed by atoms with Gasteiger partial charge in [0.05, 0.1) is 5.39 Å². The van der Waals surface area contributed by atoms with Crippen LogP contribution >= 0.6 is 22.9 Å². The average Bonchev–Trinajstić information content (AvgIpc) is 2.77. The largest absolute Gasteiger partial charge is 0.369 e. The highest BCUT2D eigenvalue weighted by Crippen LogP contribution is 2.34. The van der Waals surface area contributed by atoms with Crippen molar-refractivity contribution in [1.29, 1.82) is 0 Å². The van der Waals surface area contributed by atoms with Crippen molar-refractivity contribution < 1.29 is 0 Å². The first-order valence-electron chi connectivity index (χ1n) is 7.07. The molecule has 2 rings (SSSR count). The highest BCUT2D eigenvalue weighted by atomic mass is 35.5. The molecule has 1 N–H and O–H groups in total. The SMILES string of the molecule is CCC(CC)(CCl)CNc1ncnc2sc(C)c(C)c12. The van der Waals surface area contributed by atoms with E-state index in [2.05, 4.69) is 43.0 Å². The molecule has 110 valence electrons. The number of nitrogens with zero attached hydrogens (tertiary/aromatic N) is 2. The van der Waals surface area contributed by atoms with Gasteiger partial charge in [-0.05, 0) is 32.3 Å². The Morgan fingerprint density at radius 1 is 1.25 bits per heavy atom. The van der Waals surface area contributed by atoms with Gasteiger partial charge in [-0.25, -0.2) is 9.97 Å². The number of fused-ring (bicyclic) bond motifs is 1. The third-order valence-corrected chi connectivity index (χ3v) is 6.06. The fourth-order valence-corrected chi connectivity index (χ4v) is 3.79. The van der Waals surface area contributed by atoms with Crippen LogP contribution in [0.2, 0.25) is 0 Å². The first kappa shape index (κ1) is 15.5. The lowest BCUT2D eigenvalue weighted by Crippen LogP contribution is -2.30. The van der Waals surface area contributed by atoms with E-state index in [-0.39, 0.29) is 5.41 Å². The first-order chi connectivity index (χ1) is 9.56. The minimum Gasteiger partial charge on any atom is -0.369 e. The van der Waals surface area contributed by atoms with Crippen LogP contribution < -0.4 is 5.32 Å². The van der Waals surface area contributed by atoms with Crippen LogP contribution in [0.4, 0.5) is 5.82 Å². The molecule has 0 atom stereocenters. The maximum atomic E-state index is 6.17. The minimum absolute atomic E-state index is 0.137. The summed E-state index contributed by atoms with van der Waals surface area (Å²) < 4.78 is 0. The molecule has 0 aliphatic carbocycles. The summed E-state index contributed by atoms with van der Waals surface area (Å²) >= 11 is 7.90. The summed E-state index contributed by atoms with van der Waals surface area (Å²) in [5.41, 5.74) is 1.41. The van der Waals surface area contributed by atoms with Gasteiger partial charge < -0.3 is 5.32 Å². The van der Waals surface area contributed by atoms with E-state index < -0.39 is 0 Å². The van der Waals surface area contributed by atoms with Gasteiger partial charge in [0.2, 0.25) is 0 Å². The smallest absolute Gasteiger partial charge is 0.138 e. The van der Waals surface area contributed by atoms with Crippen molar-refractivity contribution in [3.05, 3.63) is 16.8 Å². The molecular formula is C15H22ClN3S. The number of aromatic nitrogens is 2. The molecule has 2 aromatic rings. The van der Waals surface area contributed by atoms with E-state index in [1.54, 1.807) is 17.7 Å². The molecule has 0 aliphatic rings. The van der Waals surface area contributed by atoms with Crippen molar-refractivity contribution in [3.63, 3.8) is 0 Å². The number of aryl methyl sites for hydroxylation is 2. The van der Waals surface area contributed by atoms with Crippen molar-refractivity contribution in [3.8, 4) is 0 Å². The number of alkyl halides is 1. The molecule has 0 aliphatic heterocycles. The Balaban J connectivity index is 2.30. The molecule has 2 heterocycles. The Kier molecular flexibility index (Phi) is 4.86. The van der Waals surface area contributed by atoms with Crippen LogP contribution in [0.3, 0.4) is 0 Å². The predicted octanol–water partition coefficient (Wildman–Crippen LogP) is 4.77. The number of hydrogen-bond acceptors (Lipinski definition) is 4. The molecule has 0 amide bonds. The summed E-state index contributed by atoms with van der Waals surface area (Å²) in [5, 5.41) is 4.66. The van der Waals surface area contributed by atoms with Gasteiger partial charge in [0, 0.05) is 22.7 Å². The molecule has 0 radical (unpaired) electrons. The van der Waals surface area contributed by atoms with Crippen LogP contribution in [0.25, 0.3) is 10.2 Å². The molecule has 0 bridgehead atoms. The Morgan fingerprint density at radius 2 is 1.95 bits per heavy atom. The standard InChI is InChI=1S/C15H22ClN3S/c1-5-15(6-2,7-16)8-17-13-12-10(3)11(4)20-14(12)19-9-18-13/h9H,5-8H2,1-4H3,(H,17,18,19). The van der Waals surface area contributed by atoms with Crippen LogP contribution in [-0.4, -0.2) is 22.4 Å². The number of anilines is 1. The molecule has 20 heavy (non-hydrogen) atoms. The summed E-state index contributed by atoms with van der Waals surface area (Å²) in [6, 6.07) is 0. The van der Waals surface area contributed by atoms with Gasteiger partial charge in [0.25, 0.3) is 0 Å². The number of rotatable bonds is 6. The second kappa shape index (κ2) is 6.27. The summed E-state index contributed by atoms with van der Waals surface area (Å²) in [7, 11) is 0. The number of hydrogen-bond donors (Lipinski definition) is 1. The van der Waals surface area contributed by atoms with E-state index in [0.717, 1.165) is 35.4 Å². The highest BCUT2D eigenvalue weighted by Gasteiger charge is 2.25. The molecule has 2 aromatic heterocycles. The molecular weight excluding hydrogens is 290 g/mol. The third kappa shape index (κ3) is 2.77. The van der Waals surface area contributed by atoms with Crippen LogP contribution in [0, 0.1) is 19.3 Å². The lowest BCUT2D eigenvalue weighted by atomic mass is 9.84. The molecule has 3 nitrogen and oxygen atoms in total. The van der Waals surface area contributed by atoms with Crippen molar-refractivity contribution >= 4 is 39.0 Å². The zero-order valence-corrected chi connectivity index (χ0v) is 14.2. The van der Waals surface area contributed by atoms with Crippen LogP contribution in [0.1, 0.15) is 37.1 Å². The maximum Gasteiger partial charge on any atom is 0.138 e. The predicted molar refractivity (Wildman–Crippen MR) is 89.1 cm³/mol. The fraction of sp³-hybridized carbons (Fsp3) is 0.600. The van der Waals surface area contributed by atoms with Crippen LogP contribution in [-0.2, 0) is 0 Å². The normalized spacial score (nSPS) is 12.1. The number of halogens is 1. The van der Waals surface area contributed by atoms with Gasteiger partial charge in [0.15, 0.2) is 0 Å². The van der Waals surface area contributed by atoms with Crippen LogP contribution in [0.15, 0.2) is 6.33 Å². The zero-order valence-electron chi connectivity index (χ0n) is 12.6. The first-order valence-corrected chi connectivity index (χ1v) is 8.42. The summed E-state index contributed by atoms with van der Waals surface area (Å²) in [5.74, 6) is 1.61. The van der Waals surface area contributed by atoms with E-state index in [4.69, 9.17) is 11.6 Å². The van der Waals surface area contributed by atoms with Crippen molar-refractivity contribution in [1.82, 2.24) is 9.97 Å². The Hall–Kier alpha value is -0.870. The lowest BCUT2D eigenvalue weighted by Gasteiger charge is -2.29. The fourth-order valence-electron chi connectivity index (χ4n) is 2.32. The molecule has 0 fully saturated rings. The molecule has 0 saturated carbocycles. The minimum atomic E-state index is 0.137. The van der Waals surface area contributed by atoms with Crippen molar-refractivity contribution in [2.45, 2.75) is 40.5 Å². The molecule has 5 heteroatoms. The van der Waals surface area contributed by atoms with E-state index >= 15 is 0 Å². The summed E-state index contributed by atoms with van der Waals surface area (Å²) in [4.78, 5) is 11.2. The molecule has 0 aromatic carbocycles. The van der Waals surface area contributed by atoms with E-state index in [1.165, 1.54) is 10.4 Å². The van der Waals surface area contributed by atoms with E-state index in [0.29, 0.717) is 5.88 Å². The van der Waals surface area contributed by atoms with Gasteiger partial charge in [-0.1, -0.05) is 13.8 Å². The Labute approximate surface area is 129 Å². The Bertz CT molecular complexity index is 582. The highest BCUT2D eigenvalue weighted by molar-refractivity contribution is 7.18. The van der Waals surface area contributed by atoms with Gasteiger partial charge in [-0.15, -0.1) is 22.9 Å². The average molecular weight is 312 g/mol.